The van der Waals surface area contributed by atoms with Gasteiger partial charge < -0.3 is 38.4 Å². The van der Waals surface area contributed by atoms with E-state index < -0.39 is 67.2 Å². The number of rotatable bonds is 9. The van der Waals surface area contributed by atoms with Crippen LogP contribution in [0.2, 0.25) is 0 Å². The number of benzene rings is 1. The zero-order valence-electron chi connectivity index (χ0n) is 30.7. The maximum atomic E-state index is 14.4. The molecule has 0 spiro atoms. The number of esters is 3. The number of nitrogens with zero attached hydrogens (tertiary/aromatic N) is 4. The van der Waals surface area contributed by atoms with Crippen LogP contribution in [0.3, 0.4) is 0 Å². The first-order valence-corrected chi connectivity index (χ1v) is 17.5. The average molecular weight is 801 g/mol. The van der Waals surface area contributed by atoms with Crippen LogP contribution in [0.5, 0.6) is 5.88 Å². The van der Waals surface area contributed by atoms with E-state index >= 15 is 0 Å². The van der Waals surface area contributed by atoms with Crippen LogP contribution in [-0.4, -0.2) is 90.4 Å². The number of imidazole rings is 2. The molecule has 1 aromatic carbocycles. The lowest BCUT2D eigenvalue weighted by molar-refractivity contribution is -0.194. The molecule has 2 aliphatic rings. The Labute approximate surface area is 328 Å². The van der Waals surface area contributed by atoms with Crippen molar-refractivity contribution in [3.8, 4) is 5.88 Å². The molecule has 7 rings (SSSR count). The highest BCUT2D eigenvalue weighted by atomic mass is 19.1. The highest BCUT2D eigenvalue weighted by Crippen LogP contribution is 2.36. The fourth-order valence-electron chi connectivity index (χ4n) is 5.99. The highest BCUT2D eigenvalue weighted by molar-refractivity contribution is 5.79. The minimum atomic E-state index is -1.47. The third-order valence-electron chi connectivity index (χ3n) is 8.50. The van der Waals surface area contributed by atoms with Crippen molar-refractivity contribution in [2.75, 3.05) is 0 Å². The lowest BCUT2D eigenvalue weighted by Gasteiger charge is -2.20. The summed E-state index contributed by atoms with van der Waals surface area (Å²) in [4.78, 5) is 62.5. The molecule has 4 aromatic heterocycles. The standard InChI is InChI=1S/C14H16FN3O4.C13H11N3O.C10H15FO5.2CH4/c1-3-9-10(15)12(21-7(2)19)14(22-9)18-6-17-11-8(18)4-5-16-13(11)20;1-2-4-10(5-3-1)8-17-13-12-11(6-7-14-13)15-9-16-12;1-4-7-8(11)9(14-5(2)12)10(16-7)15-6(3)13;;/h4-6,9-10,12,14H,3H2,1-2H3,(H,16,20);1-7,9H,8H2,(H,15,16);7-10H,4H2,1-3H3;2*1H4/t9-,10+,12-,14?;;7-,8+,9-,10?;;/m1.1../s1. The molecule has 2 aliphatic heterocycles. The van der Waals surface area contributed by atoms with Gasteiger partial charge in [0.05, 0.1) is 35.9 Å². The summed E-state index contributed by atoms with van der Waals surface area (Å²) in [6.45, 7) is 7.59. The minimum Gasteiger partial charge on any atom is -0.471 e. The predicted molar refractivity (Wildman–Crippen MR) is 204 cm³/mol. The van der Waals surface area contributed by atoms with E-state index in [0.717, 1.165) is 23.5 Å². The van der Waals surface area contributed by atoms with Crippen LogP contribution >= 0.6 is 0 Å². The molecule has 0 aliphatic carbocycles. The molecular formula is C39H50F2N6O10. The van der Waals surface area contributed by atoms with E-state index in [1.54, 1.807) is 32.4 Å². The molecule has 2 fully saturated rings. The van der Waals surface area contributed by atoms with Gasteiger partial charge in [-0.05, 0) is 30.5 Å². The lowest BCUT2D eigenvalue weighted by atomic mass is 10.1. The van der Waals surface area contributed by atoms with Gasteiger partial charge in [0.2, 0.25) is 12.2 Å². The SMILES string of the molecule is C.C.CC[C@H]1OC(OC(C)=O)[C@H](OC(C)=O)[C@H]1F.CC[C@H]1OC(n2cnc3c(=O)[nH]ccc32)[C@H](OC(C)=O)[C@H]1F.c1ccc(COc2nccc3[nH]cnc23)cc1. The normalized spacial score (nSPS) is 23.4. The molecular weight excluding hydrogens is 750 g/mol. The van der Waals surface area contributed by atoms with Gasteiger partial charge in [0.15, 0.2) is 41.8 Å². The lowest BCUT2D eigenvalue weighted by Crippen LogP contribution is -2.36. The van der Waals surface area contributed by atoms with Crippen molar-refractivity contribution in [1.82, 2.24) is 29.5 Å². The van der Waals surface area contributed by atoms with Gasteiger partial charge in [0, 0.05) is 33.2 Å². The Balaban J connectivity index is 0.000000229. The molecule has 2 saturated heterocycles. The molecule has 0 saturated carbocycles. The number of carbonyl (C=O) groups is 3. The van der Waals surface area contributed by atoms with Gasteiger partial charge in [-0.15, -0.1) is 0 Å². The summed E-state index contributed by atoms with van der Waals surface area (Å²) in [6, 6.07) is 13.5. The fraction of sp³-hybridized carbons (Fsp3) is 0.462. The molecule has 2 N–H and O–H groups in total. The van der Waals surface area contributed by atoms with Gasteiger partial charge >= 0.3 is 17.9 Å². The van der Waals surface area contributed by atoms with E-state index in [0.29, 0.717) is 30.8 Å². The van der Waals surface area contributed by atoms with Gasteiger partial charge in [0.1, 0.15) is 6.61 Å². The number of hydrogen-bond donors (Lipinski definition) is 2. The van der Waals surface area contributed by atoms with E-state index in [1.807, 2.05) is 36.4 Å². The number of pyridine rings is 2. The molecule has 0 radical (unpaired) electrons. The quantitative estimate of drug-likeness (QED) is 0.129. The van der Waals surface area contributed by atoms with E-state index in [2.05, 4.69) is 24.9 Å². The summed E-state index contributed by atoms with van der Waals surface area (Å²) < 4.78 is 60.8. The number of H-pyrrole nitrogens is 2. The second-order valence-corrected chi connectivity index (χ2v) is 12.5. The van der Waals surface area contributed by atoms with Crippen molar-refractivity contribution in [3.05, 3.63) is 83.4 Å². The monoisotopic (exact) mass is 800 g/mol. The zero-order valence-corrected chi connectivity index (χ0v) is 30.7. The van der Waals surface area contributed by atoms with Crippen LogP contribution in [0.1, 0.15) is 74.1 Å². The number of ether oxygens (including phenoxy) is 6. The second kappa shape index (κ2) is 21.0. The largest absolute Gasteiger partial charge is 0.471 e. The van der Waals surface area contributed by atoms with Gasteiger partial charge in [0.25, 0.3) is 5.56 Å². The van der Waals surface area contributed by atoms with E-state index in [1.165, 1.54) is 30.9 Å². The van der Waals surface area contributed by atoms with Crippen molar-refractivity contribution in [3.63, 3.8) is 0 Å². The van der Waals surface area contributed by atoms with Gasteiger partial charge in [-0.3, -0.25) is 23.7 Å². The summed E-state index contributed by atoms with van der Waals surface area (Å²) in [5, 5.41) is 0. The molecule has 16 nitrogen and oxygen atoms in total. The van der Waals surface area contributed by atoms with E-state index in [-0.39, 0.29) is 25.9 Å². The first-order chi connectivity index (χ1) is 26.4. The molecule has 8 atom stereocenters. The number of alkyl halides is 2. The van der Waals surface area contributed by atoms with Crippen molar-refractivity contribution in [2.45, 2.75) is 118 Å². The number of fused-ring (bicyclic) bond motifs is 2. The van der Waals surface area contributed by atoms with Crippen LogP contribution in [0.25, 0.3) is 22.1 Å². The van der Waals surface area contributed by atoms with Crippen molar-refractivity contribution in [1.29, 1.82) is 0 Å². The Morgan fingerprint density at radius 1 is 0.789 bits per heavy atom. The van der Waals surface area contributed by atoms with Crippen LogP contribution in [0, 0.1) is 0 Å². The average Bonchev–Trinajstić information content (AvgIpc) is 3.95. The molecule has 310 valence electrons. The molecule has 57 heavy (non-hydrogen) atoms. The van der Waals surface area contributed by atoms with E-state index in [9.17, 15) is 28.0 Å². The Kier molecular flexibility index (Phi) is 16.8. The van der Waals surface area contributed by atoms with Crippen molar-refractivity contribution >= 4 is 40.0 Å². The summed E-state index contributed by atoms with van der Waals surface area (Å²) in [7, 11) is 0. The second-order valence-electron chi connectivity index (χ2n) is 12.5. The third-order valence-corrected chi connectivity index (χ3v) is 8.50. The molecule has 6 heterocycles. The number of aromatic amines is 2. The summed E-state index contributed by atoms with van der Waals surface area (Å²) in [5.74, 6) is -1.26. The number of hydrogen-bond acceptors (Lipinski definition) is 13. The van der Waals surface area contributed by atoms with Crippen LogP contribution in [0.15, 0.2) is 72.3 Å². The van der Waals surface area contributed by atoms with Gasteiger partial charge in [-0.1, -0.05) is 59.0 Å². The Hall–Kier alpha value is -5.75. The van der Waals surface area contributed by atoms with Crippen molar-refractivity contribution in [2.24, 2.45) is 0 Å². The minimum absolute atomic E-state index is 0. The Morgan fingerprint density at radius 2 is 1.42 bits per heavy atom. The Bertz CT molecular complexity index is 2110. The summed E-state index contributed by atoms with van der Waals surface area (Å²) in [5.41, 5.74) is 3.19. The van der Waals surface area contributed by atoms with Crippen LogP contribution < -0.4 is 10.3 Å². The molecule has 5 aromatic rings. The first-order valence-electron chi connectivity index (χ1n) is 17.5. The molecule has 18 heteroatoms. The predicted octanol–water partition coefficient (Wildman–Crippen LogP) is 6.07. The van der Waals surface area contributed by atoms with Crippen LogP contribution in [-0.2, 0) is 44.7 Å². The van der Waals surface area contributed by atoms with Gasteiger partial charge in [-0.25, -0.2) is 23.7 Å². The first kappa shape index (κ1) is 45.6. The van der Waals surface area contributed by atoms with Crippen molar-refractivity contribution < 1.29 is 51.6 Å². The fourth-order valence-corrected chi connectivity index (χ4v) is 5.99. The van der Waals surface area contributed by atoms with Crippen LogP contribution in [0.4, 0.5) is 8.78 Å². The molecule has 0 bridgehead atoms. The maximum Gasteiger partial charge on any atom is 0.305 e. The number of nitrogens with one attached hydrogen (secondary N) is 2. The molecule has 2 unspecified atom stereocenters. The molecule has 0 amide bonds. The zero-order chi connectivity index (χ0) is 39.6. The number of aromatic nitrogens is 6. The number of carbonyl (C=O) groups excluding carboxylic acids is 3. The maximum absolute atomic E-state index is 14.4. The Morgan fingerprint density at radius 3 is 2.07 bits per heavy atom. The number of halogens is 2. The van der Waals surface area contributed by atoms with E-state index in [4.69, 9.17) is 28.4 Å². The summed E-state index contributed by atoms with van der Waals surface area (Å²) >= 11 is 0. The van der Waals surface area contributed by atoms with Gasteiger partial charge in [-0.2, -0.15) is 0 Å². The third kappa shape index (κ3) is 11.2. The summed E-state index contributed by atoms with van der Waals surface area (Å²) in [6.07, 6.45) is -1.46. The highest BCUT2D eigenvalue weighted by Gasteiger charge is 2.49. The topological polar surface area (TPSA) is 199 Å². The smallest absolute Gasteiger partial charge is 0.305 e.